The zero-order valence-electron chi connectivity index (χ0n) is 12.1. The number of phenols is 1. The van der Waals surface area contributed by atoms with Crippen molar-refractivity contribution in [1.82, 2.24) is 0 Å². The number of esters is 1. The topological polar surface area (TPSA) is 117 Å². The number of hydrogen-bond acceptors (Lipinski definition) is 7. The van der Waals surface area contributed by atoms with Crippen LogP contribution >= 0.6 is 0 Å². The van der Waals surface area contributed by atoms with Crippen LogP contribution in [0.5, 0.6) is 5.75 Å². The van der Waals surface area contributed by atoms with Crippen LogP contribution in [0, 0.1) is 0 Å². The molecule has 3 N–H and O–H groups in total. The monoisotopic (exact) mass is 318 g/mol. The van der Waals surface area contributed by atoms with Gasteiger partial charge >= 0.3 is 5.97 Å². The van der Waals surface area contributed by atoms with Gasteiger partial charge in [-0.25, -0.2) is 0 Å². The molecule has 0 unspecified atom stereocenters. The highest BCUT2D eigenvalue weighted by atomic mass is 16.5. The molecule has 1 aromatic carbocycles. The third-order valence-electron chi connectivity index (χ3n) is 3.83. The SMILES string of the molecule is COC(=O)[C@H]1c2c(oc3cc(CO)cc(O)c3c2=O)C=C[C@H]1O. The summed E-state index contributed by atoms with van der Waals surface area (Å²) in [5.41, 5.74) is -0.224. The molecule has 1 aromatic heterocycles. The predicted molar refractivity (Wildman–Crippen MR) is 79.9 cm³/mol. The molecule has 0 saturated heterocycles. The van der Waals surface area contributed by atoms with Crippen LogP contribution < -0.4 is 5.43 Å². The maximum Gasteiger partial charge on any atom is 0.316 e. The highest BCUT2D eigenvalue weighted by Gasteiger charge is 2.36. The van der Waals surface area contributed by atoms with E-state index >= 15 is 0 Å². The minimum Gasteiger partial charge on any atom is -0.507 e. The minimum atomic E-state index is -1.23. The second kappa shape index (κ2) is 5.53. The molecule has 7 heteroatoms. The first-order valence-electron chi connectivity index (χ1n) is 6.85. The van der Waals surface area contributed by atoms with Gasteiger partial charge in [-0.2, -0.15) is 0 Å². The summed E-state index contributed by atoms with van der Waals surface area (Å²) in [4.78, 5) is 24.7. The van der Waals surface area contributed by atoms with Crippen molar-refractivity contribution in [3.63, 3.8) is 0 Å². The molecule has 0 spiro atoms. The first-order chi connectivity index (χ1) is 11.0. The minimum absolute atomic E-state index is 0.0635. The summed E-state index contributed by atoms with van der Waals surface area (Å²) in [5, 5.41) is 29.1. The zero-order chi connectivity index (χ0) is 16.7. The van der Waals surface area contributed by atoms with Crippen molar-refractivity contribution in [2.75, 3.05) is 7.11 Å². The number of fused-ring (bicyclic) bond motifs is 2. The molecule has 0 saturated carbocycles. The second-order valence-electron chi connectivity index (χ2n) is 5.21. The molecule has 3 rings (SSSR count). The zero-order valence-corrected chi connectivity index (χ0v) is 12.1. The Morgan fingerprint density at radius 3 is 2.78 bits per heavy atom. The summed E-state index contributed by atoms with van der Waals surface area (Å²) < 4.78 is 10.2. The van der Waals surface area contributed by atoms with Crippen molar-refractivity contribution in [3.05, 3.63) is 45.3 Å². The number of aliphatic hydroxyl groups excluding tert-OH is 2. The smallest absolute Gasteiger partial charge is 0.316 e. The molecule has 0 radical (unpaired) electrons. The van der Waals surface area contributed by atoms with Crippen LogP contribution in [0.15, 0.2) is 27.4 Å². The van der Waals surface area contributed by atoms with Gasteiger partial charge in [0, 0.05) is 0 Å². The largest absolute Gasteiger partial charge is 0.507 e. The van der Waals surface area contributed by atoms with Crippen molar-refractivity contribution in [1.29, 1.82) is 0 Å². The fourth-order valence-corrected chi connectivity index (χ4v) is 2.75. The van der Waals surface area contributed by atoms with E-state index in [4.69, 9.17) is 4.42 Å². The Morgan fingerprint density at radius 2 is 2.13 bits per heavy atom. The second-order valence-corrected chi connectivity index (χ2v) is 5.21. The Labute approximate surface area is 130 Å². The number of benzene rings is 1. The summed E-state index contributed by atoms with van der Waals surface area (Å²) in [7, 11) is 1.15. The van der Waals surface area contributed by atoms with Gasteiger partial charge < -0.3 is 24.5 Å². The van der Waals surface area contributed by atoms with Crippen molar-refractivity contribution in [2.24, 2.45) is 0 Å². The van der Waals surface area contributed by atoms with Gasteiger partial charge in [-0.3, -0.25) is 9.59 Å². The molecule has 0 bridgehead atoms. The molecule has 120 valence electrons. The summed E-state index contributed by atoms with van der Waals surface area (Å²) >= 11 is 0. The number of aliphatic hydroxyl groups is 2. The van der Waals surface area contributed by atoms with Gasteiger partial charge in [0.25, 0.3) is 0 Å². The lowest BCUT2D eigenvalue weighted by Crippen LogP contribution is -2.33. The fraction of sp³-hybridized carbons (Fsp3) is 0.250. The average Bonchev–Trinajstić information content (AvgIpc) is 2.54. The summed E-state index contributed by atoms with van der Waals surface area (Å²) in [6.45, 7) is -0.330. The number of carbonyl (C=O) groups excluding carboxylic acids is 1. The van der Waals surface area contributed by atoms with Crippen molar-refractivity contribution in [2.45, 2.75) is 18.6 Å². The summed E-state index contributed by atoms with van der Waals surface area (Å²) in [6, 6.07) is 2.68. The van der Waals surface area contributed by atoms with Crippen LogP contribution in [0.1, 0.15) is 22.8 Å². The number of phenolic OH excluding ortho intramolecular Hbond substituents is 1. The molecular weight excluding hydrogens is 304 g/mol. The van der Waals surface area contributed by atoms with Crippen molar-refractivity contribution >= 4 is 23.0 Å². The Morgan fingerprint density at radius 1 is 1.39 bits per heavy atom. The lowest BCUT2D eigenvalue weighted by atomic mass is 9.87. The number of methoxy groups -OCH3 is 1. The molecule has 7 nitrogen and oxygen atoms in total. The molecule has 1 aliphatic rings. The predicted octanol–water partition coefficient (Wildman–Crippen LogP) is 0.635. The Kier molecular flexibility index (Phi) is 3.67. The van der Waals surface area contributed by atoms with Gasteiger partial charge in [0.15, 0.2) is 0 Å². The highest BCUT2D eigenvalue weighted by Crippen LogP contribution is 2.33. The van der Waals surface area contributed by atoms with E-state index in [1.807, 2.05) is 0 Å². The standard InChI is InChI=1S/C16H14O7/c1-22-16(21)13-8(18)2-3-10-14(13)15(20)12-9(19)4-7(6-17)5-11(12)23-10/h2-5,8,13,17-19H,6H2,1H3/t8-,13-/m1/s1. The van der Waals surface area contributed by atoms with E-state index in [-0.39, 0.29) is 34.6 Å². The molecule has 2 aromatic rings. The van der Waals surface area contributed by atoms with E-state index in [1.54, 1.807) is 0 Å². The van der Waals surface area contributed by atoms with Crippen LogP contribution in [0.25, 0.3) is 17.0 Å². The van der Waals surface area contributed by atoms with Gasteiger partial charge in [0.05, 0.1) is 25.4 Å². The van der Waals surface area contributed by atoms with Gasteiger partial charge in [-0.05, 0) is 23.8 Å². The number of rotatable bonds is 2. The van der Waals surface area contributed by atoms with Gasteiger partial charge in [0.1, 0.15) is 28.4 Å². The van der Waals surface area contributed by atoms with Crippen molar-refractivity contribution < 1.29 is 29.3 Å². The van der Waals surface area contributed by atoms with Crippen LogP contribution in [-0.4, -0.2) is 34.5 Å². The first-order valence-corrected chi connectivity index (χ1v) is 6.85. The van der Waals surface area contributed by atoms with E-state index in [1.165, 1.54) is 24.3 Å². The Bertz CT molecular complexity index is 878. The van der Waals surface area contributed by atoms with Gasteiger partial charge in [-0.15, -0.1) is 0 Å². The fourth-order valence-electron chi connectivity index (χ4n) is 2.75. The quantitative estimate of drug-likeness (QED) is 0.695. The molecule has 0 aliphatic heterocycles. The highest BCUT2D eigenvalue weighted by molar-refractivity contribution is 5.89. The van der Waals surface area contributed by atoms with E-state index in [0.717, 1.165) is 7.11 Å². The molecule has 0 fully saturated rings. The lowest BCUT2D eigenvalue weighted by molar-refractivity contribution is -0.144. The van der Waals surface area contributed by atoms with Crippen LogP contribution in [0.2, 0.25) is 0 Å². The number of aromatic hydroxyl groups is 1. The van der Waals surface area contributed by atoms with E-state index in [2.05, 4.69) is 4.74 Å². The molecule has 0 amide bonds. The molecule has 23 heavy (non-hydrogen) atoms. The molecule has 2 atom stereocenters. The van der Waals surface area contributed by atoms with Crippen LogP contribution in [-0.2, 0) is 16.1 Å². The number of carbonyl (C=O) groups is 1. The first kappa shape index (κ1) is 15.3. The van der Waals surface area contributed by atoms with Crippen LogP contribution in [0.4, 0.5) is 0 Å². The van der Waals surface area contributed by atoms with E-state index in [9.17, 15) is 24.9 Å². The lowest BCUT2D eigenvalue weighted by Gasteiger charge is -2.23. The molecule has 1 heterocycles. The normalized spacial score (nSPS) is 19.6. The number of ether oxygens (including phenoxy) is 1. The third-order valence-corrected chi connectivity index (χ3v) is 3.83. The summed E-state index contributed by atoms with van der Waals surface area (Å²) in [5.74, 6) is -2.26. The molecular formula is C16H14O7. The van der Waals surface area contributed by atoms with E-state index < -0.39 is 23.4 Å². The van der Waals surface area contributed by atoms with E-state index in [0.29, 0.717) is 5.56 Å². The molecule has 1 aliphatic carbocycles. The average molecular weight is 318 g/mol. The maximum atomic E-state index is 12.7. The van der Waals surface area contributed by atoms with Crippen molar-refractivity contribution in [3.8, 4) is 5.75 Å². The Hall–Kier alpha value is -2.64. The number of hydrogen-bond donors (Lipinski definition) is 3. The van der Waals surface area contributed by atoms with Crippen LogP contribution in [0.3, 0.4) is 0 Å². The Balaban J connectivity index is 2.37. The van der Waals surface area contributed by atoms with Gasteiger partial charge in [-0.1, -0.05) is 6.08 Å². The third kappa shape index (κ3) is 2.30. The van der Waals surface area contributed by atoms with Gasteiger partial charge in [0.2, 0.25) is 5.43 Å². The maximum absolute atomic E-state index is 12.7. The summed E-state index contributed by atoms with van der Waals surface area (Å²) in [6.07, 6.45) is 1.49.